The maximum atomic E-state index is 13.8. The highest BCUT2D eigenvalue weighted by molar-refractivity contribution is 6.30. The topological polar surface area (TPSA) is 52.6 Å². The minimum Gasteiger partial charge on any atom is -0.466 e. The summed E-state index contributed by atoms with van der Waals surface area (Å²) in [5.74, 6) is -1.51. The molecule has 0 amide bonds. The fourth-order valence-electron chi connectivity index (χ4n) is 4.37. The molecule has 0 spiro atoms. The van der Waals surface area contributed by atoms with Gasteiger partial charge in [0.2, 0.25) is 0 Å². The molecule has 0 saturated carbocycles. The predicted octanol–water partition coefficient (Wildman–Crippen LogP) is 6.02. The molecule has 0 unspecified atom stereocenters. The van der Waals surface area contributed by atoms with Crippen LogP contribution in [0.25, 0.3) is 0 Å². The summed E-state index contributed by atoms with van der Waals surface area (Å²) in [6.07, 6.45) is 0. The summed E-state index contributed by atoms with van der Waals surface area (Å²) >= 11 is 12.3. The van der Waals surface area contributed by atoms with Crippen LogP contribution in [0.15, 0.2) is 78.9 Å². The average molecular weight is 467 g/mol. The van der Waals surface area contributed by atoms with E-state index in [-0.39, 0.29) is 5.57 Å². The number of hydrogen-bond donors (Lipinski definition) is 0. The number of benzene rings is 3. The van der Waals surface area contributed by atoms with Crippen LogP contribution in [0.4, 0.5) is 0 Å². The van der Waals surface area contributed by atoms with Crippen molar-refractivity contribution < 1.29 is 19.1 Å². The molecule has 0 bridgehead atoms. The molecule has 0 N–H and O–H groups in total. The van der Waals surface area contributed by atoms with Crippen LogP contribution >= 0.6 is 23.2 Å². The quantitative estimate of drug-likeness (QED) is 0.262. The third-order valence-corrected chi connectivity index (χ3v) is 6.32. The van der Waals surface area contributed by atoms with Crippen LogP contribution in [0.2, 0.25) is 10.0 Å². The minimum atomic E-state index is -1.38. The third-order valence-electron chi connectivity index (χ3n) is 5.82. The van der Waals surface area contributed by atoms with E-state index in [1.807, 2.05) is 19.1 Å². The predicted molar refractivity (Wildman–Crippen MR) is 124 cm³/mol. The molecule has 1 heterocycles. The van der Waals surface area contributed by atoms with E-state index in [2.05, 4.69) is 6.58 Å². The van der Waals surface area contributed by atoms with Crippen molar-refractivity contribution in [2.75, 3.05) is 7.11 Å². The highest BCUT2D eigenvalue weighted by Gasteiger charge is 2.58. The van der Waals surface area contributed by atoms with Gasteiger partial charge in [-0.15, -0.1) is 0 Å². The van der Waals surface area contributed by atoms with Gasteiger partial charge >= 0.3 is 11.9 Å². The number of carbonyl (C=O) groups is 2. The Bertz CT molecular complexity index is 1220. The van der Waals surface area contributed by atoms with Crippen molar-refractivity contribution in [3.8, 4) is 5.75 Å². The maximum absolute atomic E-state index is 13.8. The number of carbonyl (C=O) groups excluding carboxylic acids is 2. The molecule has 2 atom stereocenters. The number of halogens is 2. The molecule has 3 aromatic carbocycles. The first-order chi connectivity index (χ1) is 15.3. The van der Waals surface area contributed by atoms with Crippen LogP contribution in [-0.4, -0.2) is 19.0 Å². The summed E-state index contributed by atoms with van der Waals surface area (Å²) in [6.45, 7) is 5.98. The molecule has 0 aromatic heterocycles. The van der Waals surface area contributed by atoms with Crippen LogP contribution in [-0.2, 0) is 19.7 Å². The second-order valence-corrected chi connectivity index (χ2v) is 8.58. The number of hydrogen-bond acceptors (Lipinski definition) is 4. The van der Waals surface area contributed by atoms with Crippen molar-refractivity contribution in [1.29, 1.82) is 0 Å². The molecule has 162 valence electrons. The Morgan fingerprint density at radius 1 is 1.00 bits per heavy atom. The Labute approximate surface area is 196 Å². The molecule has 0 aliphatic carbocycles. The van der Waals surface area contributed by atoms with Crippen molar-refractivity contribution in [1.82, 2.24) is 0 Å². The van der Waals surface area contributed by atoms with Gasteiger partial charge in [-0.05, 0) is 48.4 Å². The highest BCUT2D eigenvalue weighted by atomic mass is 35.5. The van der Waals surface area contributed by atoms with Gasteiger partial charge in [0.25, 0.3) is 0 Å². The molecule has 0 fully saturated rings. The van der Waals surface area contributed by atoms with Gasteiger partial charge in [0.15, 0.2) is 0 Å². The van der Waals surface area contributed by atoms with Crippen molar-refractivity contribution in [2.24, 2.45) is 0 Å². The SMILES string of the molecule is C=C(C(=O)OC)[C@@H](c1ccc(Cl)cc1)[C@@]1(c2ccc(Cl)cc2)C(=O)Oc2ccc(C)cc21. The Hall–Kier alpha value is -3.08. The van der Waals surface area contributed by atoms with Crippen molar-refractivity contribution in [2.45, 2.75) is 18.3 Å². The smallest absolute Gasteiger partial charge is 0.333 e. The molecule has 0 radical (unpaired) electrons. The van der Waals surface area contributed by atoms with Crippen LogP contribution in [0, 0.1) is 6.92 Å². The largest absolute Gasteiger partial charge is 0.466 e. The molecule has 6 heteroatoms. The lowest BCUT2D eigenvalue weighted by Crippen LogP contribution is -2.43. The normalized spacial score (nSPS) is 17.9. The lowest BCUT2D eigenvalue weighted by molar-refractivity contribution is -0.138. The van der Waals surface area contributed by atoms with E-state index in [0.717, 1.165) is 5.56 Å². The van der Waals surface area contributed by atoms with Crippen LogP contribution < -0.4 is 4.74 Å². The lowest BCUT2D eigenvalue weighted by Gasteiger charge is -2.36. The monoisotopic (exact) mass is 466 g/mol. The van der Waals surface area contributed by atoms with Gasteiger partial charge in [-0.3, -0.25) is 4.79 Å². The van der Waals surface area contributed by atoms with E-state index in [9.17, 15) is 9.59 Å². The second kappa shape index (κ2) is 8.45. The summed E-state index contributed by atoms with van der Waals surface area (Å²) in [4.78, 5) is 26.5. The molecule has 1 aliphatic rings. The van der Waals surface area contributed by atoms with Gasteiger partial charge in [-0.25, -0.2) is 4.79 Å². The van der Waals surface area contributed by atoms with Gasteiger partial charge in [-0.1, -0.05) is 71.7 Å². The molecular formula is C26H20Cl2O4. The minimum absolute atomic E-state index is 0.121. The fourth-order valence-corrected chi connectivity index (χ4v) is 4.63. The van der Waals surface area contributed by atoms with Crippen molar-refractivity contribution in [3.63, 3.8) is 0 Å². The summed E-state index contributed by atoms with van der Waals surface area (Å²) in [7, 11) is 1.28. The van der Waals surface area contributed by atoms with E-state index >= 15 is 0 Å². The van der Waals surface area contributed by atoms with Crippen molar-refractivity contribution in [3.05, 3.63) is 111 Å². The Kier molecular flexibility index (Phi) is 5.85. The Morgan fingerprint density at radius 3 is 2.19 bits per heavy atom. The number of aryl methyl sites for hydroxylation is 1. The first-order valence-electron chi connectivity index (χ1n) is 9.91. The summed E-state index contributed by atoms with van der Waals surface area (Å²) in [5, 5.41) is 1.05. The van der Waals surface area contributed by atoms with Gasteiger partial charge < -0.3 is 9.47 Å². The van der Waals surface area contributed by atoms with Crippen LogP contribution in [0.3, 0.4) is 0 Å². The zero-order valence-corrected chi connectivity index (χ0v) is 19.0. The first kappa shape index (κ1) is 22.1. The lowest BCUT2D eigenvalue weighted by atomic mass is 9.62. The second-order valence-electron chi connectivity index (χ2n) is 7.71. The van der Waals surface area contributed by atoms with E-state index in [0.29, 0.717) is 32.5 Å². The number of ether oxygens (including phenoxy) is 2. The zero-order valence-electron chi connectivity index (χ0n) is 17.5. The standard InChI is InChI=1S/C26H20Cl2O4/c1-15-4-13-22-21(14-15)26(25(30)32-22,18-7-11-20(28)12-8-18)23(16(2)24(29)31-3)17-5-9-19(27)10-6-17/h4-14,23H,2H2,1,3H3/t23-,26-/m0/s1. The van der Waals surface area contributed by atoms with Crippen LogP contribution in [0.1, 0.15) is 28.2 Å². The van der Waals surface area contributed by atoms with Gasteiger partial charge in [0, 0.05) is 27.1 Å². The fraction of sp³-hybridized carbons (Fsp3) is 0.154. The molecule has 4 nitrogen and oxygen atoms in total. The third kappa shape index (κ3) is 3.50. The molecule has 1 aliphatic heterocycles. The van der Waals surface area contributed by atoms with Gasteiger partial charge in [-0.2, -0.15) is 0 Å². The number of rotatable bonds is 5. The molecule has 3 aromatic rings. The molecule has 0 saturated heterocycles. The number of fused-ring (bicyclic) bond motifs is 1. The van der Waals surface area contributed by atoms with E-state index in [1.54, 1.807) is 54.6 Å². The number of esters is 2. The van der Waals surface area contributed by atoms with Crippen LogP contribution in [0.5, 0.6) is 5.75 Å². The maximum Gasteiger partial charge on any atom is 0.333 e. The van der Waals surface area contributed by atoms with E-state index < -0.39 is 23.3 Å². The zero-order chi connectivity index (χ0) is 23.0. The highest BCUT2D eigenvalue weighted by Crippen LogP contribution is 2.55. The summed E-state index contributed by atoms with van der Waals surface area (Å²) < 4.78 is 10.8. The first-order valence-corrected chi connectivity index (χ1v) is 10.7. The van der Waals surface area contributed by atoms with Crippen molar-refractivity contribution >= 4 is 35.1 Å². The number of methoxy groups -OCH3 is 1. The summed E-state index contributed by atoms with van der Waals surface area (Å²) in [6, 6.07) is 19.5. The van der Waals surface area contributed by atoms with E-state index in [1.165, 1.54) is 7.11 Å². The molecule has 32 heavy (non-hydrogen) atoms. The Balaban J connectivity index is 2.10. The van der Waals surface area contributed by atoms with E-state index in [4.69, 9.17) is 32.7 Å². The van der Waals surface area contributed by atoms with Gasteiger partial charge in [0.05, 0.1) is 7.11 Å². The molecule has 4 rings (SSSR count). The van der Waals surface area contributed by atoms with Gasteiger partial charge in [0.1, 0.15) is 11.2 Å². The summed E-state index contributed by atoms with van der Waals surface area (Å²) in [5.41, 5.74) is 1.63. The molecular weight excluding hydrogens is 447 g/mol. The average Bonchev–Trinajstić information content (AvgIpc) is 3.07. The Morgan fingerprint density at radius 2 is 1.59 bits per heavy atom.